The molecule has 194 valence electrons. The molecule has 4 aliphatic heterocycles. The average molecular weight is 516 g/mol. The van der Waals surface area contributed by atoms with Gasteiger partial charge in [-0.2, -0.15) is 0 Å². The Hall–Kier alpha value is -4.08. The van der Waals surface area contributed by atoms with Crippen LogP contribution >= 0.6 is 0 Å². The van der Waals surface area contributed by atoms with Gasteiger partial charge in [0.1, 0.15) is 35.3 Å². The number of halogens is 1. The number of ether oxygens (including phenoxy) is 2. The third-order valence-corrected chi connectivity index (χ3v) is 7.73. The van der Waals surface area contributed by atoms with E-state index in [1.165, 1.54) is 11.0 Å². The number of carbonyl (C=O) groups excluding carboxylic acids is 2. The second kappa shape index (κ2) is 8.21. The molecule has 3 aromatic rings. The first-order valence-corrected chi connectivity index (χ1v) is 12.9. The fourth-order valence-corrected chi connectivity index (χ4v) is 5.88. The summed E-state index contributed by atoms with van der Waals surface area (Å²) in [5, 5.41) is 0. The van der Waals surface area contributed by atoms with Crippen LogP contribution in [0.1, 0.15) is 56.6 Å². The van der Waals surface area contributed by atoms with E-state index in [-0.39, 0.29) is 23.5 Å². The van der Waals surface area contributed by atoms with Crippen molar-refractivity contribution in [1.82, 2.24) is 15.0 Å². The molecule has 4 aliphatic rings. The lowest BCUT2D eigenvalue weighted by atomic mass is 9.91. The van der Waals surface area contributed by atoms with Gasteiger partial charge in [-0.3, -0.25) is 9.59 Å². The maximum Gasteiger partial charge on any atom is 0.238 e. The quantitative estimate of drug-likeness (QED) is 0.522. The van der Waals surface area contributed by atoms with E-state index in [4.69, 9.17) is 14.5 Å². The largest absolute Gasteiger partial charge is 0.481 e. The molecule has 0 saturated carbocycles. The van der Waals surface area contributed by atoms with E-state index >= 15 is 4.39 Å². The van der Waals surface area contributed by atoms with Crippen molar-refractivity contribution in [1.29, 1.82) is 0 Å². The number of nitrogens with zero attached hydrogens (tertiary/aromatic N) is 5. The van der Waals surface area contributed by atoms with Gasteiger partial charge in [0.05, 0.1) is 17.4 Å². The van der Waals surface area contributed by atoms with Crippen LogP contribution in [0.5, 0.6) is 11.6 Å². The number of carbonyl (C=O) groups is 2. The Morgan fingerprint density at radius 1 is 1.05 bits per heavy atom. The van der Waals surface area contributed by atoms with Crippen LogP contribution < -0.4 is 19.3 Å². The minimum atomic E-state index is -0.804. The van der Waals surface area contributed by atoms with Gasteiger partial charge < -0.3 is 19.3 Å². The SMILES string of the molecule is CC1(C)Oc2cc(N3CCCC3=O)c(F)cc2-c2cnc(Cc3cnc4c(c3)N3C(=O)CC[C@H]3CO4)nc21. The molecular formula is C28H26FN5O4. The number of benzene rings is 1. The van der Waals surface area contributed by atoms with Crippen LogP contribution in [0.15, 0.2) is 30.6 Å². The molecule has 7 rings (SSSR count). The molecule has 6 heterocycles. The molecule has 1 atom stereocenters. The zero-order valence-corrected chi connectivity index (χ0v) is 21.2. The van der Waals surface area contributed by atoms with Crippen LogP contribution in [0.2, 0.25) is 0 Å². The van der Waals surface area contributed by atoms with Crippen LogP contribution in [-0.4, -0.2) is 46.0 Å². The normalized spacial score (nSPS) is 20.9. The molecule has 2 fully saturated rings. The van der Waals surface area contributed by atoms with Gasteiger partial charge >= 0.3 is 0 Å². The van der Waals surface area contributed by atoms with Gasteiger partial charge in [0, 0.05) is 55.4 Å². The Balaban J connectivity index is 1.23. The second-order valence-electron chi connectivity index (χ2n) is 10.7. The summed E-state index contributed by atoms with van der Waals surface area (Å²) in [7, 11) is 0. The number of fused-ring (bicyclic) bond motifs is 6. The van der Waals surface area contributed by atoms with E-state index in [1.54, 1.807) is 23.4 Å². The highest BCUT2D eigenvalue weighted by atomic mass is 19.1. The first-order valence-electron chi connectivity index (χ1n) is 12.9. The third-order valence-electron chi connectivity index (χ3n) is 7.73. The molecule has 2 aromatic heterocycles. The van der Waals surface area contributed by atoms with Crippen molar-refractivity contribution in [2.45, 2.75) is 57.6 Å². The zero-order valence-electron chi connectivity index (χ0n) is 21.2. The number of aromatic nitrogens is 3. The van der Waals surface area contributed by atoms with Crippen LogP contribution in [0.3, 0.4) is 0 Å². The standard InChI is InChI=1S/C28H26FN5O4/c1-28(2)26-18(17-10-19(29)20(11-22(17)38-28)33-7-3-4-24(33)35)13-30-23(32-26)9-15-8-21-27(31-12-15)37-14-16-5-6-25(36)34(16)21/h8,10-13,16H,3-7,9,14H2,1-2H3/t16-/m0/s1. The van der Waals surface area contributed by atoms with Gasteiger partial charge in [0.15, 0.2) is 0 Å². The highest BCUT2D eigenvalue weighted by Crippen LogP contribution is 2.46. The summed E-state index contributed by atoms with van der Waals surface area (Å²) in [6, 6.07) is 4.99. The molecule has 2 saturated heterocycles. The monoisotopic (exact) mass is 515 g/mol. The molecular weight excluding hydrogens is 489 g/mol. The van der Waals surface area contributed by atoms with Crippen molar-refractivity contribution in [3.63, 3.8) is 0 Å². The first-order chi connectivity index (χ1) is 18.3. The van der Waals surface area contributed by atoms with Gasteiger partial charge in [0.2, 0.25) is 17.7 Å². The number of pyridine rings is 1. The molecule has 0 bridgehead atoms. The van der Waals surface area contributed by atoms with Crippen LogP contribution in [0.4, 0.5) is 15.8 Å². The van der Waals surface area contributed by atoms with Crippen molar-refractivity contribution in [2.75, 3.05) is 23.0 Å². The van der Waals surface area contributed by atoms with Crippen molar-refractivity contribution >= 4 is 23.2 Å². The van der Waals surface area contributed by atoms with E-state index in [2.05, 4.69) is 9.97 Å². The highest BCUT2D eigenvalue weighted by Gasteiger charge is 2.39. The van der Waals surface area contributed by atoms with E-state index in [0.717, 1.165) is 12.0 Å². The van der Waals surface area contributed by atoms with Gasteiger partial charge in [-0.1, -0.05) is 0 Å². The lowest BCUT2D eigenvalue weighted by Crippen LogP contribution is -2.40. The van der Waals surface area contributed by atoms with E-state index in [0.29, 0.717) is 78.8 Å². The van der Waals surface area contributed by atoms with Gasteiger partial charge in [-0.05, 0) is 44.4 Å². The summed E-state index contributed by atoms with van der Waals surface area (Å²) in [6.45, 7) is 4.78. The van der Waals surface area contributed by atoms with E-state index in [9.17, 15) is 9.59 Å². The Kier molecular flexibility index (Phi) is 4.98. The van der Waals surface area contributed by atoms with Crippen molar-refractivity contribution in [3.8, 4) is 22.8 Å². The van der Waals surface area contributed by atoms with Gasteiger partial charge in [-0.25, -0.2) is 19.3 Å². The summed E-state index contributed by atoms with van der Waals surface area (Å²) >= 11 is 0. The summed E-state index contributed by atoms with van der Waals surface area (Å²) in [5.41, 5.74) is 2.90. The second-order valence-corrected chi connectivity index (χ2v) is 10.7. The number of anilines is 2. The average Bonchev–Trinajstić information content (AvgIpc) is 3.49. The number of amides is 2. The zero-order chi connectivity index (χ0) is 26.2. The van der Waals surface area contributed by atoms with E-state index in [1.807, 2.05) is 19.9 Å². The Morgan fingerprint density at radius 2 is 1.92 bits per heavy atom. The Morgan fingerprint density at radius 3 is 2.74 bits per heavy atom. The van der Waals surface area contributed by atoms with Gasteiger partial charge in [-0.15, -0.1) is 0 Å². The maximum absolute atomic E-state index is 15.2. The summed E-state index contributed by atoms with van der Waals surface area (Å²) in [4.78, 5) is 41.8. The van der Waals surface area contributed by atoms with Crippen molar-refractivity contribution < 1.29 is 23.5 Å². The third kappa shape index (κ3) is 3.53. The fraction of sp³-hybridized carbons (Fsp3) is 0.393. The minimum Gasteiger partial charge on any atom is -0.481 e. The molecule has 2 amide bonds. The van der Waals surface area contributed by atoms with Crippen molar-refractivity contribution in [3.05, 3.63) is 53.5 Å². The predicted molar refractivity (Wildman–Crippen MR) is 136 cm³/mol. The summed E-state index contributed by atoms with van der Waals surface area (Å²) < 4.78 is 27.3. The molecule has 0 N–H and O–H groups in total. The summed E-state index contributed by atoms with van der Waals surface area (Å²) in [6.07, 6.45) is 6.24. The molecule has 0 unspecified atom stereocenters. The van der Waals surface area contributed by atoms with E-state index < -0.39 is 11.4 Å². The Labute approximate surface area is 218 Å². The number of hydrogen-bond donors (Lipinski definition) is 0. The fourth-order valence-electron chi connectivity index (χ4n) is 5.88. The molecule has 9 nitrogen and oxygen atoms in total. The van der Waals surface area contributed by atoms with Crippen LogP contribution in [0, 0.1) is 5.82 Å². The predicted octanol–water partition coefficient (Wildman–Crippen LogP) is 3.91. The maximum atomic E-state index is 15.2. The molecule has 0 aliphatic carbocycles. The summed E-state index contributed by atoms with van der Waals surface area (Å²) in [5.74, 6) is 1.06. The molecule has 0 spiro atoms. The Bertz CT molecular complexity index is 1520. The lowest BCUT2D eigenvalue weighted by Gasteiger charge is -2.34. The highest BCUT2D eigenvalue weighted by molar-refractivity contribution is 5.98. The van der Waals surface area contributed by atoms with Crippen LogP contribution in [-0.2, 0) is 21.6 Å². The van der Waals surface area contributed by atoms with Crippen LogP contribution in [0.25, 0.3) is 11.1 Å². The smallest absolute Gasteiger partial charge is 0.238 e. The number of rotatable bonds is 3. The first kappa shape index (κ1) is 23.1. The van der Waals surface area contributed by atoms with Gasteiger partial charge in [0.25, 0.3) is 0 Å². The topological polar surface area (TPSA) is 97.8 Å². The molecule has 38 heavy (non-hydrogen) atoms. The minimum absolute atomic E-state index is 0.0505. The number of hydrogen-bond acceptors (Lipinski definition) is 7. The van der Waals surface area contributed by atoms with Crippen molar-refractivity contribution in [2.24, 2.45) is 0 Å². The lowest BCUT2D eigenvalue weighted by molar-refractivity contribution is -0.118. The molecule has 1 aromatic carbocycles. The molecule has 0 radical (unpaired) electrons. The molecule has 10 heteroatoms.